The molecule has 0 saturated carbocycles. The van der Waals surface area contributed by atoms with E-state index in [0.29, 0.717) is 5.92 Å². The summed E-state index contributed by atoms with van der Waals surface area (Å²) in [7, 11) is -4.51. The molecule has 0 bridgehead atoms. The van der Waals surface area contributed by atoms with Gasteiger partial charge in [-0.2, -0.15) is 0 Å². The topological polar surface area (TPSA) is 66.8 Å². The summed E-state index contributed by atoms with van der Waals surface area (Å²) >= 11 is 0. The van der Waals surface area contributed by atoms with Crippen molar-refractivity contribution in [3.63, 3.8) is 0 Å². The van der Waals surface area contributed by atoms with Gasteiger partial charge < -0.3 is 4.52 Å². The van der Waals surface area contributed by atoms with Gasteiger partial charge in [-0.15, -0.1) is 0 Å². The summed E-state index contributed by atoms with van der Waals surface area (Å²) in [5.74, 6) is 0.765. The minimum Gasteiger partial charge on any atom is -0.404 e. The molecule has 0 aromatic heterocycles. The lowest BCUT2D eigenvalue weighted by molar-refractivity contribution is 0.283. The second kappa shape index (κ2) is 22.2. The average molecular weight is 525 g/mol. The third-order valence-corrected chi connectivity index (χ3v) is 7.84. The molecule has 0 radical (unpaired) electrons. The summed E-state index contributed by atoms with van der Waals surface area (Å²) in [6.45, 7) is 4.54. The van der Waals surface area contributed by atoms with Crippen molar-refractivity contribution in [2.75, 3.05) is 0 Å². The summed E-state index contributed by atoms with van der Waals surface area (Å²) in [5.41, 5.74) is 1.28. The van der Waals surface area contributed by atoms with Crippen LogP contribution in [0.1, 0.15) is 167 Å². The minimum absolute atomic E-state index is 0.240. The largest absolute Gasteiger partial charge is 0.524 e. The molecule has 1 rings (SSSR count). The van der Waals surface area contributed by atoms with E-state index in [2.05, 4.69) is 13.8 Å². The highest BCUT2D eigenvalue weighted by molar-refractivity contribution is 7.46. The third kappa shape index (κ3) is 19.3. The predicted octanol–water partition coefficient (Wildman–Crippen LogP) is 10.9. The number of phosphoric ester groups is 1. The first kappa shape index (κ1) is 33.2. The smallest absolute Gasteiger partial charge is 0.404 e. The highest BCUT2D eigenvalue weighted by Crippen LogP contribution is 2.38. The Morgan fingerprint density at radius 1 is 0.583 bits per heavy atom. The van der Waals surface area contributed by atoms with E-state index in [-0.39, 0.29) is 5.75 Å². The zero-order valence-corrected chi connectivity index (χ0v) is 24.5. The molecule has 0 aliphatic heterocycles. The molecule has 0 aliphatic rings. The molecular formula is C31H57O4P. The fourth-order valence-corrected chi connectivity index (χ4v) is 5.57. The molecule has 0 amide bonds. The minimum atomic E-state index is -4.51. The Morgan fingerprint density at radius 2 is 0.917 bits per heavy atom. The van der Waals surface area contributed by atoms with Crippen LogP contribution in [0.15, 0.2) is 24.3 Å². The van der Waals surface area contributed by atoms with Gasteiger partial charge in [0.1, 0.15) is 5.75 Å². The zero-order chi connectivity index (χ0) is 26.3. The van der Waals surface area contributed by atoms with Crippen LogP contribution in [0.25, 0.3) is 0 Å². The lowest BCUT2D eigenvalue weighted by atomic mass is 9.88. The van der Waals surface area contributed by atoms with Crippen molar-refractivity contribution in [2.45, 2.75) is 161 Å². The molecule has 0 saturated heterocycles. The Bertz CT molecular complexity index is 631. The third-order valence-electron chi connectivity index (χ3n) is 7.39. The van der Waals surface area contributed by atoms with Gasteiger partial charge in [-0.25, -0.2) is 4.57 Å². The van der Waals surface area contributed by atoms with Gasteiger partial charge in [-0.05, 0) is 36.5 Å². The van der Waals surface area contributed by atoms with E-state index >= 15 is 0 Å². The van der Waals surface area contributed by atoms with Gasteiger partial charge in [0.2, 0.25) is 0 Å². The van der Waals surface area contributed by atoms with Crippen LogP contribution < -0.4 is 4.52 Å². The summed E-state index contributed by atoms with van der Waals surface area (Å²) < 4.78 is 15.9. The van der Waals surface area contributed by atoms with Crippen molar-refractivity contribution < 1.29 is 18.9 Å². The van der Waals surface area contributed by atoms with Gasteiger partial charge in [0.15, 0.2) is 0 Å². The Labute approximate surface area is 223 Å². The summed E-state index contributed by atoms with van der Waals surface area (Å²) in [6, 6.07) is 7.42. The maximum absolute atomic E-state index is 11.1. The van der Waals surface area contributed by atoms with Crippen LogP contribution in [0, 0.1) is 0 Å². The van der Waals surface area contributed by atoms with E-state index in [9.17, 15) is 4.57 Å². The van der Waals surface area contributed by atoms with Crippen molar-refractivity contribution >= 4 is 7.82 Å². The van der Waals surface area contributed by atoms with Crippen molar-refractivity contribution in [3.8, 4) is 5.75 Å². The molecule has 4 nitrogen and oxygen atoms in total. The van der Waals surface area contributed by atoms with E-state index in [1.807, 2.05) is 12.1 Å². The molecular weight excluding hydrogens is 467 g/mol. The number of phosphoric acid groups is 1. The predicted molar refractivity (Wildman–Crippen MR) is 155 cm³/mol. The second-order valence-corrected chi connectivity index (χ2v) is 12.0. The van der Waals surface area contributed by atoms with Crippen molar-refractivity contribution in [1.82, 2.24) is 0 Å². The van der Waals surface area contributed by atoms with Crippen molar-refractivity contribution in [3.05, 3.63) is 29.8 Å². The molecule has 0 heterocycles. The average Bonchev–Trinajstić information content (AvgIpc) is 2.84. The van der Waals surface area contributed by atoms with Crippen LogP contribution in [-0.4, -0.2) is 9.79 Å². The Kier molecular flexibility index (Phi) is 20.5. The number of unbranched alkanes of at least 4 members (excludes halogenated alkanes) is 18. The zero-order valence-electron chi connectivity index (χ0n) is 23.6. The molecule has 1 aromatic rings. The highest BCUT2D eigenvalue weighted by Gasteiger charge is 2.17. The van der Waals surface area contributed by atoms with Gasteiger partial charge in [0.05, 0.1) is 0 Å². The highest BCUT2D eigenvalue weighted by atomic mass is 31.2. The normalized spacial score (nSPS) is 11.9. The number of hydrogen-bond donors (Lipinski definition) is 2. The Hall–Kier alpha value is -0.830. The fraction of sp³-hybridized carbons (Fsp3) is 0.806. The second-order valence-electron chi connectivity index (χ2n) is 10.8. The van der Waals surface area contributed by atoms with Crippen LogP contribution >= 0.6 is 7.82 Å². The van der Waals surface area contributed by atoms with E-state index in [1.165, 1.54) is 147 Å². The maximum Gasteiger partial charge on any atom is 0.524 e. The van der Waals surface area contributed by atoms with Gasteiger partial charge >= 0.3 is 7.82 Å². The standard InChI is InChI=1S/C31H57O4P/c1-3-5-7-9-11-13-15-17-19-21-23-29(24-22-20-18-16-14-12-10-8-6-4-2)30-25-27-31(28-26-30)35-36(32,33)34/h25-29H,3-24H2,1-2H3,(H2,32,33,34). The van der Waals surface area contributed by atoms with E-state index in [1.54, 1.807) is 12.1 Å². The maximum atomic E-state index is 11.1. The lowest BCUT2D eigenvalue weighted by Crippen LogP contribution is -2.00. The molecule has 2 N–H and O–H groups in total. The molecule has 0 spiro atoms. The van der Waals surface area contributed by atoms with Gasteiger partial charge in [0.25, 0.3) is 0 Å². The molecule has 0 atom stereocenters. The van der Waals surface area contributed by atoms with E-state index in [0.717, 1.165) is 0 Å². The Morgan fingerprint density at radius 3 is 1.25 bits per heavy atom. The van der Waals surface area contributed by atoms with E-state index in [4.69, 9.17) is 14.3 Å². The first-order valence-electron chi connectivity index (χ1n) is 15.3. The van der Waals surface area contributed by atoms with Crippen LogP contribution in [0.3, 0.4) is 0 Å². The summed E-state index contributed by atoms with van der Waals surface area (Å²) in [6.07, 6.45) is 29.5. The van der Waals surface area contributed by atoms with Gasteiger partial charge in [-0.1, -0.05) is 154 Å². The van der Waals surface area contributed by atoms with E-state index < -0.39 is 7.82 Å². The van der Waals surface area contributed by atoms with Gasteiger partial charge in [-0.3, -0.25) is 9.79 Å². The molecule has 0 unspecified atom stereocenters. The van der Waals surface area contributed by atoms with Crippen LogP contribution in [0.2, 0.25) is 0 Å². The molecule has 5 heteroatoms. The first-order valence-corrected chi connectivity index (χ1v) is 16.8. The van der Waals surface area contributed by atoms with Crippen molar-refractivity contribution in [1.29, 1.82) is 0 Å². The summed E-state index contributed by atoms with van der Waals surface area (Å²) in [4.78, 5) is 18.1. The molecule has 0 fully saturated rings. The monoisotopic (exact) mass is 524 g/mol. The van der Waals surface area contributed by atoms with Crippen LogP contribution in [0.4, 0.5) is 0 Å². The number of rotatable bonds is 25. The lowest BCUT2D eigenvalue weighted by Gasteiger charge is -2.18. The van der Waals surface area contributed by atoms with Crippen LogP contribution in [-0.2, 0) is 4.57 Å². The quantitative estimate of drug-likeness (QED) is 0.0986. The molecule has 0 aliphatic carbocycles. The van der Waals surface area contributed by atoms with Gasteiger partial charge in [0, 0.05) is 0 Å². The molecule has 36 heavy (non-hydrogen) atoms. The number of benzene rings is 1. The molecule has 210 valence electrons. The first-order chi connectivity index (χ1) is 17.5. The van der Waals surface area contributed by atoms with Crippen molar-refractivity contribution in [2.24, 2.45) is 0 Å². The Balaban J connectivity index is 2.36. The SMILES string of the molecule is CCCCCCCCCCCCC(CCCCCCCCCCCC)c1ccc(OP(=O)(O)O)cc1. The number of hydrogen-bond acceptors (Lipinski definition) is 2. The fourth-order valence-electron chi connectivity index (χ4n) is 5.17. The summed E-state index contributed by atoms with van der Waals surface area (Å²) in [5, 5.41) is 0. The molecule has 1 aromatic carbocycles. The van der Waals surface area contributed by atoms with Crippen LogP contribution in [0.5, 0.6) is 5.75 Å².